The number of hydrogen-bond donors (Lipinski definition) is 0. The van der Waals surface area contributed by atoms with Crippen molar-refractivity contribution < 1.29 is 14.3 Å². The summed E-state index contributed by atoms with van der Waals surface area (Å²) in [7, 11) is 3.33. The van der Waals surface area contributed by atoms with Crippen LogP contribution in [0.4, 0.5) is 0 Å². The van der Waals surface area contributed by atoms with Crippen LogP contribution in [-0.4, -0.2) is 26.1 Å². The van der Waals surface area contributed by atoms with Gasteiger partial charge in [0, 0.05) is 20.0 Å². The van der Waals surface area contributed by atoms with Gasteiger partial charge in [-0.05, 0) is 25.5 Å². The lowest BCUT2D eigenvalue weighted by molar-refractivity contribution is -0.113. The fourth-order valence-electron chi connectivity index (χ4n) is 2.34. The minimum atomic E-state index is -0.0489. The second kappa shape index (κ2) is 13.0. The zero-order valence-electron chi connectivity index (χ0n) is 15.4. The summed E-state index contributed by atoms with van der Waals surface area (Å²) >= 11 is 0. The molecule has 0 heterocycles. The Hall–Kier alpha value is -2.39. The molecule has 0 saturated carbocycles. The molecule has 0 aromatic rings. The Morgan fingerprint density at radius 2 is 1.72 bits per heavy atom. The molecule has 0 bridgehead atoms. The van der Waals surface area contributed by atoms with Crippen molar-refractivity contribution >= 4 is 5.78 Å². The summed E-state index contributed by atoms with van der Waals surface area (Å²) in [4.78, 5) is 11.9. The van der Waals surface area contributed by atoms with Gasteiger partial charge in [-0.2, -0.15) is 0 Å². The van der Waals surface area contributed by atoms with Gasteiger partial charge in [-0.15, -0.1) is 0 Å². The molecule has 1 atom stereocenters. The zero-order valence-corrected chi connectivity index (χ0v) is 15.4. The van der Waals surface area contributed by atoms with Crippen molar-refractivity contribution in [3.05, 3.63) is 84.2 Å². The summed E-state index contributed by atoms with van der Waals surface area (Å²) in [5.74, 6) is 0.953. The van der Waals surface area contributed by atoms with E-state index in [1.54, 1.807) is 26.4 Å². The average molecular weight is 340 g/mol. The Labute approximate surface area is 151 Å². The first-order valence-electron chi connectivity index (χ1n) is 8.48. The molecule has 0 radical (unpaired) electrons. The summed E-state index contributed by atoms with van der Waals surface area (Å²) < 4.78 is 10.7. The highest BCUT2D eigenvalue weighted by molar-refractivity contribution is 5.91. The van der Waals surface area contributed by atoms with Crippen molar-refractivity contribution in [2.24, 2.45) is 0 Å². The summed E-state index contributed by atoms with van der Waals surface area (Å²) in [6, 6.07) is 0. The summed E-state index contributed by atoms with van der Waals surface area (Å²) in [5.41, 5.74) is 1.21. The van der Waals surface area contributed by atoms with Gasteiger partial charge in [0.05, 0.1) is 7.11 Å². The Morgan fingerprint density at radius 1 is 1.08 bits per heavy atom. The average Bonchev–Trinajstić information content (AvgIpc) is 2.64. The maximum absolute atomic E-state index is 11.9. The fraction of sp³-hybridized carbons (Fsp3) is 0.318. The maximum Gasteiger partial charge on any atom is 0.159 e. The number of allylic oxidation sites excluding steroid dienone is 12. The summed E-state index contributed by atoms with van der Waals surface area (Å²) in [5, 5.41) is 0. The van der Waals surface area contributed by atoms with Gasteiger partial charge >= 0.3 is 0 Å². The number of carbonyl (C=O) groups excluding carboxylic acids is 1. The predicted octanol–water partition coefficient (Wildman–Crippen LogP) is 5.01. The lowest BCUT2D eigenvalue weighted by Crippen LogP contribution is -2.19. The molecule has 134 valence electrons. The molecule has 0 fully saturated rings. The SMILES string of the molecule is CC=CC=CC=CC=CC=CC(=O)CC=C1CC=C(OC)C(OC)C1. The van der Waals surface area contributed by atoms with Crippen LogP contribution in [0.3, 0.4) is 0 Å². The van der Waals surface area contributed by atoms with Crippen LogP contribution in [0, 0.1) is 0 Å². The third kappa shape index (κ3) is 8.87. The van der Waals surface area contributed by atoms with E-state index in [4.69, 9.17) is 9.47 Å². The fourth-order valence-corrected chi connectivity index (χ4v) is 2.34. The van der Waals surface area contributed by atoms with Crippen LogP contribution in [0.1, 0.15) is 26.2 Å². The van der Waals surface area contributed by atoms with Crippen LogP contribution in [0.25, 0.3) is 0 Å². The molecule has 0 aliphatic heterocycles. The first kappa shape index (κ1) is 20.7. The molecule has 0 spiro atoms. The first-order valence-corrected chi connectivity index (χ1v) is 8.48. The molecule has 25 heavy (non-hydrogen) atoms. The first-order chi connectivity index (χ1) is 12.2. The van der Waals surface area contributed by atoms with E-state index in [1.807, 2.05) is 67.7 Å². The molecule has 1 aliphatic rings. The molecule has 1 aliphatic carbocycles. The molecule has 1 unspecified atom stereocenters. The molecule has 0 N–H and O–H groups in total. The number of ketones is 1. The van der Waals surface area contributed by atoms with E-state index in [1.165, 1.54) is 5.57 Å². The Kier molecular flexibility index (Phi) is 10.7. The van der Waals surface area contributed by atoms with Crippen molar-refractivity contribution in [2.75, 3.05) is 14.2 Å². The van der Waals surface area contributed by atoms with Gasteiger partial charge in [-0.25, -0.2) is 0 Å². The Morgan fingerprint density at radius 3 is 2.32 bits per heavy atom. The molecule has 3 nitrogen and oxygen atoms in total. The van der Waals surface area contributed by atoms with Gasteiger partial charge in [-0.1, -0.05) is 66.3 Å². The van der Waals surface area contributed by atoms with Crippen LogP contribution >= 0.6 is 0 Å². The quantitative estimate of drug-likeness (QED) is 0.336. The van der Waals surface area contributed by atoms with Crippen LogP contribution in [0.15, 0.2) is 84.2 Å². The molecule has 0 amide bonds. The van der Waals surface area contributed by atoms with E-state index >= 15 is 0 Å². The van der Waals surface area contributed by atoms with E-state index in [-0.39, 0.29) is 11.9 Å². The summed E-state index contributed by atoms with van der Waals surface area (Å²) in [6.45, 7) is 1.98. The van der Waals surface area contributed by atoms with Crippen LogP contribution in [0.2, 0.25) is 0 Å². The summed E-state index contributed by atoms with van der Waals surface area (Å²) in [6.07, 6.45) is 24.8. The number of methoxy groups -OCH3 is 2. The van der Waals surface area contributed by atoms with E-state index in [0.29, 0.717) is 6.42 Å². The molecule has 0 aromatic carbocycles. The van der Waals surface area contributed by atoms with E-state index in [2.05, 4.69) is 0 Å². The molecular weight excluding hydrogens is 312 g/mol. The van der Waals surface area contributed by atoms with Crippen molar-refractivity contribution in [3.63, 3.8) is 0 Å². The molecule has 3 heteroatoms. The number of carbonyl (C=O) groups is 1. The highest BCUT2D eigenvalue weighted by Crippen LogP contribution is 2.26. The minimum absolute atomic E-state index is 0.0489. The predicted molar refractivity (Wildman–Crippen MR) is 104 cm³/mol. The zero-order chi connectivity index (χ0) is 18.3. The van der Waals surface area contributed by atoms with Gasteiger partial charge in [-0.3, -0.25) is 4.79 Å². The smallest absolute Gasteiger partial charge is 0.159 e. The molecule has 0 saturated heterocycles. The highest BCUT2D eigenvalue weighted by atomic mass is 16.5. The van der Waals surface area contributed by atoms with E-state index in [0.717, 1.165) is 18.6 Å². The van der Waals surface area contributed by atoms with Crippen molar-refractivity contribution in [3.8, 4) is 0 Å². The number of rotatable bonds is 9. The van der Waals surface area contributed by atoms with Crippen molar-refractivity contribution in [2.45, 2.75) is 32.3 Å². The third-order valence-corrected chi connectivity index (χ3v) is 3.69. The minimum Gasteiger partial charge on any atom is -0.499 e. The lowest BCUT2D eigenvalue weighted by atomic mass is 9.95. The largest absolute Gasteiger partial charge is 0.499 e. The van der Waals surface area contributed by atoms with Crippen molar-refractivity contribution in [1.82, 2.24) is 0 Å². The van der Waals surface area contributed by atoms with E-state index in [9.17, 15) is 4.79 Å². The van der Waals surface area contributed by atoms with Gasteiger partial charge in [0.2, 0.25) is 0 Å². The lowest BCUT2D eigenvalue weighted by Gasteiger charge is -2.23. The van der Waals surface area contributed by atoms with Crippen molar-refractivity contribution in [1.29, 1.82) is 0 Å². The highest BCUT2D eigenvalue weighted by Gasteiger charge is 2.20. The van der Waals surface area contributed by atoms with Gasteiger partial charge < -0.3 is 9.47 Å². The molecular formula is C22H28O3. The monoisotopic (exact) mass is 340 g/mol. The van der Waals surface area contributed by atoms with E-state index < -0.39 is 0 Å². The maximum atomic E-state index is 11.9. The second-order valence-corrected chi connectivity index (χ2v) is 5.52. The molecule has 0 aromatic heterocycles. The van der Waals surface area contributed by atoms with Gasteiger partial charge in [0.1, 0.15) is 11.9 Å². The Balaban J connectivity index is 2.40. The normalized spacial score (nSPS) is 20.7. The van der Waals surface area contributed by atoms with Crippen LogP contribution in [-0.2, 0) is 14.3 Å². The van der Waals surface area contributed by atoms with Gasteiger partial charge in [0.15, 0.2) is 5.78 Å². The topological polar surface area (TPSA) is 35.5 Å². The third-order valence-electron chi connectivity index (χ3n) is 3.69. The molecule has 1 rings (SSSR count). The standard InChI is InChI=1S/C22H28O3/c1-4-5-6-7-8-9-10-11-12-13-20(23)16-14-19-15-17-21(24-2)22(18-19)25-3/h4-14,17,22H,15-16,18H2,1-3H3. The number of hydrogen-bond acceptors (Lipinski definition) is 3. The number of ether oxygens (including phenoxy) is 2. The van der Waals surface area contributed by atoms with Crippen LogP contribution < -0.4 is 0 Å². The van der Waals surface area contributed by atoms with Crippen LogP contribution in [0.5, 0.6) is 0 Å². The van der Waals surface area contributed by atoms with Gasteiger partial charge in [0.25, 0.3) is 0 Å². The Bertz CT molecular complexity index is 613. The second-order valence-electron chi connectivity index (χ2n) is 5.52.